The fraction of sp³-hybridized carbons (Fsp3) is 0.250. The monoisotopic (exact) mass is 502 g/mol. The summed E-state index contributed by atoms with van der Waals surface area (Å²) < 4.78 is 0. The van der Waals surface area contributed by atoms with Crippen LogP contribution in [0.25, 0.3) is 0 Å². The van der Waals surface area contributed by atoms with Gasteiger partial charge in [-0.15, -0.1) is 0 Å². The molecule has 0 aromatic heterocycles. The zero-order valence-electron chi connectivity index (χ0n) is 20.0. The summed E-state index contributed by atoms with van der Waals surface area (Å²) in [5.74, 6) is -0.0606. The lowest BCUT2D eigenvalue weighted by Gasteiger charge is -2.46. The molecule has 0 radical (unpaired) electrons. The number of hydrogen-bond acceptors (Lipinski definition) is 6. The molecule has 0 saturated carbocycles. The first-order chi connectivity index (χ1) is 16.9. The molecule has 5 rings (SSSR count). The van der Waals surface area contributed by atoms with E-state index in [1.54, 1.807) is 6.92 Å². The van der Waals surface area contributed by atoms with Gasteiger partial charge >= 0.3 is 0 Å². The van der Waals surface area contributed by atoms with Crippen LogP contribution < -0.4 is 10.0 Å². The van der Waals surface area contributed by atoms with Crippen LogP contribution in [0.3, 0.4) is 0 Å². The highest BCUT2D eigenvalue weighted by atomic mass is 35.5. The lowest BCUT2D eigenvalue weighted by molar-refractivity contribution is -0.110. The third-order valence-corrected chi connectivity index (χ3v) is 8.33. The molecule has 0 aliphatic carbocycles. The van der Waals surface area contributed by atoms with Crippen LogP contribution in [-0.2, 0) is 11.2 Å². The number of ketones is 1. The van der Waals surface area contributed by atoms with Crippen molar-refractivity contribution in [1.82, 2.24) is 0 Å². The number of carbonyl (C=O) groups excluding carboxylic acids is 1. The smallest absolute Gasteiger partial charge is 0.208 e. The van der Waals surface area contributed by atoms with Crippen molar-refractivity contribution in [3.8, 4) is 0 Å². The predicted octanol–water partition coefficient (Wildman–Crippen LogP) is 7.03. The van der Waals surface area contributed by atoms with Crippen LogP contribution in [-0.4, -0.2) is 21.5 Å². The molecule has 1 unspecified atom stereocenters. The van der Waals surface area contributed by atoms with Crippen LogP contribution in [0.5, 0.6) is 0 Å². The lowest BCUT2D eigenvalue weighted by atomic mass is 10.00. The first-order valence-electron chi connectivity index (χ1n) is 11.8. The molecule has 178 valence electrons. The molecule has 1 spiro atoms. The van der Waals surface area contributed by atoms with E-state index in [1.807, 2.05) is 65.5 Å². The molecular weight excluding hydrogens is 476 g/mol. The van der Waals surface area contributed by atoms with E-state index in [2.05, 4.69) is 31.2 Å². The Morgan fingerprint density at radius 2 is 1.74 bits per heavy atom. The molecular formula is C28H27ClN4OS. The first kappa shape index (κ1) is 23.6. The van der Waals surface area contributed by atoms with E-state index in [-0.39, 0.29) is 5.78 Å². The van der Waals surface area contributed by atoms with Crippen molar-refractivity contribution < 1.29 is 4.79 Å². The number of rotatable bonds is 5. The van der Waals surface area contributed by atoms with E-state index in [0.717, 1.165) is 41.1 Å². The molecule has 0 bridgehead atoms. The molecule has 1 atom stereocenters. The number of Topliss-reactive ketones (excluding diaryl/α,β-unsaturated/α-hetero) is 1. The van der Waals surface area contributed by atoms with Crippen LogP contribution in [0.4, 0.5) is 11.4 Å². The summed E-state index contributed by atoms with van der Waals surface area (Å²) in [7, 11) is 0. The van der Waals surface area contributed by atoms with Gasteiger partial charge in [-0.2, -0.15) is 10.2 Å². The quantitative estimate of drug-likeness (QED) is 0.376. The highest BCUT2D eigenvalue weighted by molar-refractivity contribution is 8.17. The Bertz CT molecular complexity index is 1320. The third kappa shape index (κ3) is 4.26. The van der Waals surface area contributed by atoms with Crippen LogP contribution in [0, 0.1) is 6.92 Å². The number of para-hydroxylation sites is 1. The maximum Gasteiger partial charge on any atom is 0.208 e. The molecule has 2 heterocycles. The largest absolute Gasteiger partial charge is 0.292 e. The number of hydrazone groups is 2. The molecule has 2 aliphatic heterocycles. The van der Waals surface area contributed by atoms with Gasteiger partial charge in [0.05, 0.1) is 17.1 Å². The zero-order chi connectivity index (χ0) is 24.6. The van der Waals surface area contributed by atoms with Crippen molar-refractivity contribution in [2.75, 3.05) is 10.0 Å². The van der Waals surface area contributed by atoms with Gasteiger partial charge in [-0.05, 0) is 72.5 Å². The van der Waals surface area contributed by atoms with Crippen molar-refractivity contribution in [2.24, 2.45) is 10.2 Å². The molecule has 0 saturated heterocycles. The number of halogens is 1. The molecule has 2 aliphatic rings. The Morgan fingerprint density at radius 3 is 2.43 bits per heavy atom. The van der Waals surface area contributed by atoms with Crippen LogP contribution in [0.1, 0.15) is 43.4 Å². The highest BCUT2D eigenvalue weighted by Crippen LogP contribution is 2.51. The number of carbonyl (C=O) groups is 1. The molecule has 0 amide bonds. The van der Waals surface area contributed by atoms with Gasteiger partial charge < -0.3 is 0 Å². The molecule has 7 heteroatoms. The summed E-state index contributed by atoms with van der Waals surface area (Å²) in [5.41, 5.74) is 6.15. The highest BCUT2D eigenvalue weighted by Gasteiger charge is 2.53. The van der Waals surface area contributed by atoms with E-state index < -0.39 is 4.99 Å². The second-order valence-corrected chi connectivity index (χ2v) is 10.4. The Balaban J connectivity index is 1.67. The van der Waals surface area contributed by atoms with E-state index in [4.69, 9.17) is 21.8 Å². The van der Waals surface area contributed by atoms with Crippen molar-refractivity contribution in [2.45, 2.75) is 45.0 Å². The topological polar surface area (TPSA) is 48.3 Å². The van der Waals surface area contributed by atoms with Crippen LogP contribution in [0.15, 0.2) is 83.0 Å². The van der Waals surface area contributed by atoms with Gasteiger partial charge in [-0.3, -0.25) is 4.79 Å². The number of nitrogens with zero attached hydrogens (tertiary/aromatic N) is 4. The van der Waals surface area contributed by atoms with Crippen molar-refractivity contribution >= 4 is 51.3 Å². The Morgan fingerprint density at radius 1 is 1.00 bits per heavy atom. The second kappa shape index (κ2) is 9.51. The molecule has 3 aromatic rings. The Kier molecular flexibility index (Phi) is 6.43. The van der Waals surface area contributed by atoms with E-state index >= 15 is 0 Å². The van der Waals surface area contributed by atoms with Gasteiger partial charge in [0.2, 0.25) is 4.99 Å². The summed E-state index contributed by atoms with van der Waals surface area (Å²) in [6.45, 7) is 5.70. The van der Waals surface area contributed by atoms with Crippen molar-refractivity contribution in [3.05, 3.63) is 94.5 Å². The average Bonchev–Trinajstić information content (AvgIpc) is 3.26. The fourth-order valence-corrected chi connectivity index (χ4v) is 5.89. The first-order valence-corrected chi connectivity index (χ1v) is 13.0. The summed E-state index contributed by atoms with van der Waals surface area (Å²) in [4.78, 5) is 11.8. The van der Waals surface area contributed by atoms with Gasteiger partial charge in [-0.1, -0.05) is 67.1 Å². The van der Waals surface area contributed by atoms with E-state index in [9.17, 15) is 4.79 Å². The summed E-state index contributed by atoms with van der Waals surface area (Å²) in [6.07, 6.45) is 2.47. The van der Waals surface area contributed by atoms with Gasteiger partial charge in [0, 0.05) is 18.4 Å². The van der Waals surface area contributed by atoms with Gasteiger partial charge in [0.25, 0.3) is 0 Å². The van der Waals surface area contributed by atoms with Gasteiger partial charge in [-0.25, -0.2) is 10.0 Å². The molecule has 0 N–H and O–H groups in total. The minimum Gasteiger partial charge on any atom is -0.292 e. The normalized spacial score (nSPS) is 19.7. The number of aryl methyl sites for hydroxylation is 1. The molecule has 3 aromatic carbocycles. The Hall–Kier alpha value is -3.09. The number of hydrogen-bond donors (Lipinski definition) is 0. The number of thioether (sulfide) groups is 1. The number of anilines is 2. The SMILES string of the molecule is CCc1ccc(C2=NN(c3ccccc3)C3(CC2)SC(C(C)=O)=NN3c2cccc(Cl)c2C)cc1. The third-order valence-electron chi connectivity index (χ3n) is 6.49. The number of benzene rings is 3. The fourth-order valence-electron chi connectivity index (χ4n) is 4.49. The van der Waals surface area contributed by atoms with Gasteiger partial charge in [0.1, 0.15) is 0 Å². The summed E-state index contributed by atoms with van der Waals surface area (Å²) >= 11 is 7.98. The molecule has 0 fully saturated rings. The van der Waals surface area contributed by atoms with Crippen LogP contribution >= 0.6 is 23.4 Å². The van der Waals surface area contributed by atoms with Crippen molar-refractivity contribution in [3.63, 3.8) is 0 Å². The summed E-state index contributed by atoms with van der Waals surface area (Å²) in [5, 5.41) is 15.1. The lowest BCUT2D eigenvalue weighted by Crippen LogP contribution is -2.56. The predicted molar refractivity (Wildman–Crippen MR) is 148 cm³/mol. The zero-order valence-corrected chi connectivity index (χ0v) is 21.6. The maximum absolute atomic E-state index is 12.5. The molecule has 35 heavy (non-hydrogen) atoms. The van der Waals surface area contributed by atoms with Crippen LogP contribution in [0.2, 0.25) is 5.02 Å². The van der Waals surface area contributed by atoms with E-state index in [0.29, 0.717) is 16.5 Å². The average molecular weight is 503 g/mol. The van der Waals surface area contributed by atoms with Crippen molar-refractivity contribution in [1.29, 1.82) is 0 Å². The van der Waals surface area contributed by atoms with Gasteiger partial charge in [0.15, 0.2) is 10.8 Å². The minimum atomic E-state index is -0.731. The Labute approximate surface area is 215 Å². The standard InChI is InChI=1S/C28H27ClN4OS/c1-4-21-13-15-22(16-14-21)25-17-18-28(32(30-25)23-9-6-5-7-10-23)33(31-27(35-28)20(3)34)26-12-8-11-24(29)19(26)2/h5-16H,4,17-18H2,1-3H3. The second-order valence-electron chi connectivity index (χ2n) is 8.75. The minimum absolute atomic E-state index is 0.0606. The van der Waals surface area contributed by atoms with E-state index in [1.165, 1.54) is 17.3 Å². The molecule has 5 nitrogen and oxygen atoms in total. The maximum atomic E-state index is 12.5. The summed E-state index contributed by atoms with van der Waals surface area (Å²) in [6, 6.07) is 24.5.